The molecular weight excluding hydrogens is 388 g/mol. The van der Waals surface area contributed by atoms with Gasteiger partial charge in [0.05, 0.1) is 5.56 Å². The number of aromatic nitrogens is 1. The Bertz CT molecular complexity index is 984. The monoisotopic (exact) mass is 406 g/mol. The van der Waals surface area contributed by atoms with Gasteiger partial charge in [-0.1, -0.05) is 18.2 Å². The average Bonchev–Trinajstić information content (AvgIpc) is 2.66. The van der Waals surface area contributed by atoms with Gasteiger partial charge in [0, 0.05) is 40.5 Å². The van der Waals surface area contributed by atoms with Gasteiger partial charge in [0.1, 0.15) is 5.82 Å². The lowest BCUT2D eigenvalue weighted by molar-refractivity contribution is -0.140. The first kappa shape index (κ1) is 19.2. The maximum Gasteiger partial charge on any atom is 0.419 e. The minimum atomic E-state index is -4.68. The molecule has 2 nitrogen and oxygen atoms in total. The zero-order valence-electron chi connectivity index (χ0n) is 14.8. The van der Waals surface area contributed by atoms with Gasteiger partial charge in [-0.2, -0.15) is 13.2 Å². The zero-order chi connectivity index (χ0) is 19.7. The number of nitrogens with zero attached hydrogens (tertiary/aromatic N) is 1. The van der Waals surface area contributed by atoms with Gasteiger partial charge in [-0.25, -0.2) is 4.39 Å². The molecule has 1 aromatic heterocycles. The summed E-state index contributed by atoms with van der Waals surface area (Å²) >= 11 is 1.38. The van der Waals surface area contributed by atoms with Crippen molar-refractivity contribution in [2.24, 2.45) is 0 Å². The lowest BCUT2D eigenvalue weighted by Gasteiger charge is -2.37. The first-order valence-corrected chi connectivity index (χ1v) is 9.88. The van der Waals surface area contributed by atoms with Crippen molar-refractivity contribution in [3.63, 3.8) is 0 Å². The van der Waals surface area contributed by atoms with Gasteiger partial charge < -0.3 is 5.32 Å². The Morgan fingerprint density at radius 2 is 1.96 bits per heavy atom. The molecule has 0 unspecified atom stereocenters. The summed E-state index contributed by atoms with van der Waals surface area (Å²) in [5.41, 5.74) is -0.0395. The molecule has 4 rings (SSSR count). The summed E-state index contributed by atoms with van der Waals surface area (Å²) in [6, 6.07) is 11.5. The number of hydrogen-bond donors (Lipinski definition) is 1. The van der Waals surface area contributed by atoms with Crippen molar-refractivity contribution in [1.29, 1.82) is 0 Å². The van der Waals surface area contributed by atoms with Gasteiger partial charge in [0.15, 0.2) is 0 Å². The summed E-state index contributed by atoms with van der Waals surface area (Å²) in [7, 11) is 0. The zero-order valence-corrected chi connectivity index (χ0v) is 15.7. The third-order valence-electron chi connectivity index (χ3n) is 5.07. The van der Waals surface area contributed by atoms with Crippen molar-refractivity contribution in [3.8, 4) is 0 Å². The van der Waals surface area contributed by atoms with E-state index in [1.54, 1.807) is 6.20 Å². The second-order valence-corrected chi connectivity index (χ2v) is 8.19. The highest BCUT2D eigenvalue weighted by Gasteiger charge is 2.36. The van der Waals surface area contributed by atoms with Crippen LogP contribution in [0.1, 0.15) is 24.0 Å². The van der Waals surface area contributed by atoms with E-state index < -0.39 is 17.6 Å². The van der Waals surface area contributed by atoms with Gasteiger partial charge in [0.25, 0.3) is 0 Å². The van der Waals surface area contributed by atoms with Crippen LogP contribution in [0.4, 0.5) is 17.6 Å². The van der Waals surface area contributed by atoms with Gasteiger partial charge in [-0.05, 0) is 48.1 Å². The molecule has 1 heterocycles. The summed E-state index contributed by atoms with van der Waals surface area (Å²) in [6.07, 6.45) is 0.799. The second-order valence-electron chi connectivity index (χ2n) is 6.87. The Morgan fingerprint density at radius 1 is 1.11 bits per heavy atom. The van der Waals surface area contributed by atoms with Crippen molar-refractivity contribution in [2.75, 3.05) is 0 Å². The molecule has 1 fully saturated rings. The number of thioether (sulfide) groups is 1. The van der Waals surface area contributed by atoms with E-state index in [1.807, 2.05) is 24.4 Å². The second kappa shape index (κ2) is 7.72. The summed E-state index contributed by atoms with van der Waals surface area (Å²) in [6.45, 7) is 0.681. The normalized spacial score (nSPS) is 19.6. The lowest BCUT2D eigenvalue weighted by Crippen LogP contribution is -2.45. The summed E-state index contributed by atoms with van der Waals surface area (Å²) in [5.74, 6) is -1.23. The number of pyridine rings is 1. The third-order valence-corrected chi connectivity index (χ3v) is 6.46. The van der Waals surface area contributed by atoms with Crippen LogP contribution in [0, 0.1) is 5.82 Å². The molecule has 1 saturated carbocycles. The number of benzene rings is 2. The fourth-order valence-corrected chi connectivity index (χ4v) is 4.73. The van der Waals surface area contributed by atoms with Crippen molar-refractivity contribution in [2.45, 2.75) is 41.7 Å². The van der Waals surface area contributed by atoms with E-state index in [9.17, 15) is 17.6 Å². The standard InChI is InChI=1S/C21H18F4N2S/c22-18-5-4-15(10-17(18)21(23,24)25)28-20-7-6-19(20)27-12-14-3-1-2-13-11-26-9-8-16(13)14/h1-5,8-11,19-20,27H,6-7,12H2/t19-,20-/m1/s1. The molecule has 146 valence electrons. The molecule has 1 N–H and O–H groups in total. The molecule has 7 heteroatoms. The van der Waals surface area contributed by atoms with Crippen molar-refractivity contribution in [3.05, 3.63) is 71.8 Å². The van der Waals surface area contributed by atoms with E-state index >= 15 is 0 Å². The number of hydrogen-bond acceptors (Lipinski definition) is 3. The maximum atomic E-state index is 13.5. The minimum absolute atomic E-state index is 0.170. The third kappa shape index (κ3) is 4.00. The highest BCUT2D eigenvalue weighted by Crippen LogP contribution is 2.40. The fraction of sp³-hybridized carbons (Fsp3) is 0.286. The molecule has 0 aliphatic heterocycles. The van der Waals surface area contributed by atoms with E-state index in [2.05, 4.69) is 16.4 Å². The molecule has 2 aromatic carbocycles. The van der Waals surface area contributed by atoms with Crippen LogP contribution in [0.3, 0.4) is 0 Å². The fourth-order valence-electron chi connectivity index (χ4n) is 3.40. The van der Waals surface area contributed by atoms with Crippen LogP contribution in [0.15, 0.2) is 59.8 Å². The van der Waals surface area contributed by atoms with Gasteiger partial charge in [0.2, 0.25) is 0 Å². The summed E-state index contributed by atoms with van der Waals surface area (Å²) in [4.78, 5) is 4.58. The van der Waals surface area contributed by atoms with Crippen molar-refractivity contribution in [1.82, 2.24) is 10.3 Å². The molecule has 1 aliphatic carbocycles. The van der Waals surface area contributed by atoms with E-state index in [0.717, 1.165) is 41.3 Å². The van der Waals surface area contributed by atoms with E-state index in [1.165, 1.54) is 17.8 Å². The highest BCUT2D eigenvalue weighted by molar-refractivity contribution is 8.00. The molecule has 3 aromatic rings. The average molecular weight is 406 g/mol. The largest absolute Gasteiger partial charge is 0.419 e. The molecule has 0 amide bonds. The predicted molar refractivity (Wildman–Crippen MR) is 103 cm³/mol. The Labute approximate surface area is 164 Å². The first-order valence-electron chi connectivity index (χ1n) is 9.00. The van der Waals surface area contributed by atoms with Crippen LogP contribution in [0.2, 0.25) is 0 Å². The van der Waals surface area contributed by atoms with Gasteiger partial charge >= 0.3 is 6.18 Å². The Kier molecular flexibility index (Phi) is 5.29. The molecule has 2 atom stereocenters. The predicted octanol–water partition coefficient (Wildman–Crippen LogP) is 5.81. The number of fused-ring (bicyclic) bond motifs is 1. The Hall–Kier alpha value is -2.12. The molecule has 0 radical (unpaired) electrons. The Balaban J connectivity index is 1.42. The van der Waals surface area contributed by atoms with Crippen LogP contribution in [0.5, 0.6) is 0 Å². The minimum Gasteiger partial charge on any atom is -0.309 e. The van der Waals surface area contributed by atoms with E-state index in [4.69, 9.17) is 0 Å². The molecule has 0 bridgehead atoms. The molecule has 0 spiro atoms. The van der Waals surface area contributed by atoms with Crippen molar-refractivity contribution < 1.29 is 17.6 Å². The number of alkyl halides is 3. The number of halogens is 4. The number of rotatable bonds is 5. The summed E-state index contributed by atoms with van der Waals surface area (Å²) < 4.78 is 52.2. The van der Waals surface area contributed by atoms with E-state index in [0.29, 0.717) is 11.4 Å². The molecule has 1 aliphatic rings. The van der Waals surface area contributed by atoms with Crippen LogP contribution in [-0.2, 0) is 12.7 Å². The lowest BCUT2D eigenvalue weighted by atomic mass is 9.92. The molecule has 28 heavy (non-hydrogen) atoms. The molecular formula is C21H18F4N2S. The van der Waals surface area contributed by atoms with Crippen molar-refractivity contribution >= 4 is 22.5 Å². The quantitative estimate of drug-likeness (QED) is 0.542. The van der Waals surface area contributed by atoms with Gasteiger partial charge in [-0.15, -0.1) is 11.8 Å². The van der Waals surface area contributed by atoms with E-state index in [-0.39, 0.29) is 11.3 Å². The topological polar surface area (TPSA) is 24.9 Å². The maximum absolute atomic E-state index is 13.5. The SMILES string of the molecule is Fc1ccc(S[C@@H]2CC[C@H]2NCc2cccc3cnccc23)cc1C(F)(F)F. The van der Waals surface area contributed by atoms with Gasteiger partial charge in [-0.3, -0.25) is 4.98 Å². The Morgan fingerprint density at radius 3 is 2.71 bits per heavy atom. The summed E-state index contributed by atoms with van der Waals surface area (Å²) in [5, 5.41) is 5.90. The van der Waals surface area contributed by atoms with Crippen LogP contribution < -0.4 is 5.32 Å². The smallest absolute Gasteiger partial charge is 0.309 e. The first-order chi connectivity index (χ1) is 13.4. The van der Waals surface area contributed by atoms with Crippen LogP contribution >= 0.6 is 11.8 Å². The van der Waals surface area contributed by atoms with Crippen LogP contribution in [0.25, 0.3) is 10.8 Å². The molecule has 0 saturated heterocycles. The number of nitrogens with one attached hydrogen (secondary N) is 1. The van der Waals surface area contributed by atoms with Crippen LogP contribution in [-0.4, -0.2) is 16.3 Å². The highest BCUT2D eigenvalue weighted by atomic mass is 32.2.